The fourth-order valence-corrected chi connectivity index (χ4v) is 3.23. The van der Waals surface area contributed by atoms with Gasteiger partial charge in [0.2, 0.25) is 5.88 Å². The van der Waals surface area contributed by atoms with E-state index in [4.69, 9.17) is 4.74 Å². The van der Waals surface area contributed by atoms with Crippen molar-refractivity contribution in [1.29, 1.82) is 0 Å². The van der Waals surface area contributed by atoms with Gasteiger partial charge in [-0.05, 0) is 29.3 Å². The van der Waals surface area contributed by atoms with E-state index in [0.717, 1.165) is 17.4 Å². The summed E-state index contributed by atoms with van der Waals surface area (Å²) in [5.41, 5.74) is 3.57. The maximum atomic E-state index is 5.88. The number of rotatable bonds is 4. The normalized spacial score (nSPS) is 20.2. The first-order chi connectivity index (χ1) is 11.8. The van der Waals surface area contributed by atoms with Gasteiger partial charge in [0.25, 0.3) is 0 Å². The van der Waals surface area contributed by atoms with Crippen molar-refractivity contribution in [3.8, 4) is 17.0 Å². The number of ether oxygens (including phenoxy) is 1. The lowest BCUT2D eigenvalue weighted by molar-refractivity contribution is 0.210. The van der Waals surface area contributed by atoms with Crippen molar-refractivity contribution < 1.29 is 4.74 Å². The standard InChI is InChI=1S/C18H17BrN4O/c19-14-3-1-12(2-4-14)13-7-16(22-9-13)17-8-15(10-23-17)24-18-11-20-5-6-21-18/h1-7,9,11,15,17,22-23H,8,10H2/t15-,17-/m0/s1. The van der Waals surface area contributed by atoms with E-state index in [0.29, 0.717) is 5.88 Å². The average molecular weight is 385 g/mol. The summed E-state index contributed by atoms with van der Waals surface area (Å²) in [6.07, 6.45) is 7.99. The van der Waals surface area contributed by atoms with Gasteiger partial charge >= 0.3 is 0 Å². The predicted octanol–water partition coefficient (Wildman–Crippen LogP) is 3.72. The Balaban J connectivity index is 1.43. The van der Waals surface area contributed by atoms with Crippen LogP contribution in [0, 0.1) is 0 Å². The summed E-state index contributed by atoms with van der Waals surface area (Å²) in [4.78, 5) is 11.6. The molecule has 2 N–H and O–H groups in total. The van der Waals surface area contributed by atoms with Crippen LogP contribution in [0.3, 0.4) is 0 Å². The largest absolute Gasteiger partial charge is 0.472 e. The van der Waals surface area contributed by atoms with E-state index in [9.17, 15) is 0 Å². The van der Waals surface area contributed by atoms with Crippen LogP contribution in [0.1, 0.15) is 18.2 Å². The van der Waals surface area contributed by atoms with Crippen LogP contribution in [-0.4, -0.2) is 27.6 Å². The number of hydrogen-bond acceptors (Lipinski definition) is 4. The van der Waals surface area contributed by atoms with Crippen molar-refractivity contribution in [2.75, 3.05) is 6.54 Å². The second-order valence-corrected chi connectivity index (χ2v) is 6.75. The minimum Gasteiger partial charge on any atom is -0.472 e. The van der Waals surface area contributed by atoms with Gasteiger partial charge in [-0.2, -0.15) is 0 Å². The third-order valence-electron chi connectivity index (χ3n) is 4.18. The number of H-pyrrole nitrogens is 1. The number of hydrogen-bond donors (Lipinski definition) is 2. The molecule has 0 aliphatic carbocycles. The highest BCUT2D eigenvalue weighted by atomic mass is 79.9. The summed E-state index contributed by atoms with van der Waals surface area (Å²) in [5, 5.41) is 3.51. The van der Waals surface area contributed by atoms with E-state index >= 15 is 0 Å². The molecule has 1 aromatic carbocycles. The van der Waals surface area contributed by atoms with E-state index in [1.807, 2.05) is 0 Å². The zero-order valence-electron chi connectivity index (χ0n) is 12.9. The van der Waals surface area contributed by atoms with Gasteiger partial charge in [-0.3, -0.25) is 4.98 Å². The number of benzene rings is 1. The van der Waals surface area contributed by atoms with Gasteiger partial charge in [-0.25, -0.2) is 4.98 Å². The van der Waals surface area contributed by atoms with Crippen LogP contribution in [0.5, 0.6) is 5.88 Å². The Kier molecular flexibility index (Phi) is 4.32. The molecule has 1 aliphatic heterocycles. The summed E-state index contributed by atoms with van der Waals surface area (Å²) in [7, 11) is 0. The van der Waals surface area contributed by atoms with Gasteiger partial charge in [0.1, 0.15) is 6.10 Å². The van der Waals surface area contributed by atoms with Crippen molar-refractivity contribution in [3.63, 3.8) is 0 Å². The van der Waals surface area contributed by atoms with E-state index in [2.05, 4.69) is 72.7 Å². The van der Waals surface area contributed by atoms with Crippen molar-refractivity contribution >= 4 is 15.9 Å². The minimum absolute atomic E-state index is 0.103. The Morgan fingerprint density at radius 3 is 2.79 bits per heavy atom. The highest BCUT2D eigenvalue weighted by Gasteiger charge is 2.28. The molecule has 122 valence electrons. The maximum Gasteiger partial charge on any atom is 0.232 e. The Bertz CT molecular complexity index is 803. The molecular weight excluding hydrogens is 368 g/mol. The summed E-state index contributed by atoms with van der Waals surface area (Å²) < 4.78 is 6.96. The SMILES string of the molecule is Brc1ccc(-c2c[nH]c([C@@H]3C[C@H](Oc4cnccn4)CN3)c2)cc1. The van der Waals surface area contributed by atoms with Gasteiger partial charge in [-0.1, -0.05) is 28.1 Å². The van der Waals surface area contributed by atoms with E-state index in [-0.39, 0.29) is 12.1 Å². The second kappa shape index (κ2) is 6.75. The van der Waals surface area contributed by atoms with Gasteiger partial charge in [0, 0.05) is 41.7 Å². The van der Waals surface area contributed by atoms with Crippen LogP contribution in [0.2, 0.25) is 0 Å². The molecule has 0 spiro atoms. The number of aromatic nitrogens is 3. The molecule has 3 aromatic rings. The number of halogens is 1. The molecule has 2 aromatic heterocycles. The van der Waals surface area contributed by atoms with Crippen molar-refractivity contribution in [1.82, 2.24) is 20.3 Å². The summed E-state index contributed by atoms with van der Waals surface area (Å²) >= 11 is 3.47. The van der Waals surface area contributed by atoms with Crippen molar-refractivity contribution in [2.45, 2.75) is 18.6 Å². The summed E-state index contributed by atoms with van der Waals surface area (Å²) in [6, 6.07) is 10.8. The van der Waals surface area contributed by atoms with Crippen LogP contribution in [-0.2, 0) is 0 Å². The van der Waals surface area contributed by atoms with Crippen LogP contribution in [0.15, 0.2) is 59.6 Å². The van der Waals surface area contributed by atoms with E-state index in [1.165, 1.54) is 16.8 Å². The van der Waals surface area contributed by atoms with Gasteiger partial charge < -0.3 is 15.0 Å². The first-order valence-corrected chi connectivity index (χ1v) is 8.67. The Morgan fingerprint density at radius 1 is 1.12 bits per heavy atom. The molecule has 0 amide bonds. The molecule has 2 atom stereocenters. The molecule has 1 fully saturated rings. The Morgan fingerprint density at radius 2 is 2.00 bits per heavy atom. The number of aromatic amines is 1. The average Bonchev–Trinajstić information content (AvgIpc) is 3.26. The topological polar surface area (TPSA) is 62.8 Å². The van der Waals surface area contributed by atoms with E-state index < -0.39 is 0 Å². The molecule has 4 rings (SSSR count). The van der Waals surface area contributed by atoms with Crippen LogP contribution in [0.25, 0.3) is 11.1 Å². The quantitative estimate of drug-likeness (QED) is 0.719. The molecule has 1 saturated heterocycles. The van der Waals surface area contributed by atoms with Crippen molar-refractivity contribution in [2.24, 2.45) is 0 Å². The second-order valence-electron chi connectivity index (χ2n) is 5.83. The number of nitrogens with one attached hydrogen (secondary N) is 2. The lowest BCUT2D eigenvalue weighted by Gasteiger charge is -2.11. The molecule has 3 heterocycles. The molecule has 0 unspecified atom stereocenters. The Hall–Kier alpha value is -2.18. The molecular formula is C18H17BrN4O. The smallest absolute Gasteiger partial charge is 0.232 e. The monoisotopic (exact) mass is 384 g/mol. The fourth-order valence-electron chi connectivity index (χ4n) is 2.97. The van der Waals surface area contributed by atoms with Gasteiger partial charge in [-0.15, -0.1) is 0 Å². The highest BCUT2D eigenvalue weighted by Crippen LogP contribution is 2.29. The third-order valence-corrected chi connectivity index (χ3v) is 4.70. The molecule has 0 radical (unpaired) electrons. The fraction of sp³-hybridized carbons (Fsp3) is 0.222. The molecule has 24 heavy (non-hydrogen) atoms. The first-order valence-electron chi connectivity index (χ1n) is 7.88. The lowest BCUT2D eigenvalue weighted by Crippen LogP contribution is -2.20. The van der Waals surface area contributed by atoms with Crippen molar-refractivity contribution in [3.05, 3.63) is 65.3 Å². The summed E-state index contributed by atoms with van der Waals surface area (Å²) in [5.74, 6) is 0.576. The van der Waals surface area contributed by atoms with Gasteiger partial charge in [0.15, 0.2) is 0 Å². The maximum absolute atomic E-state index is 5.88. The highest BCUT2D eigenvalue weighted by molar-refractivity contribution is 9.10. The lowest BCUT2D eigenvalue weighted by atomic mass is 10.1. The van der Waals surface area contributed by atoms with Gasteiger partial charge in [0.05, 0.1) is 12.2 Å². The first kappa shape index (κ1) is 15.4. The zero-order valence-corrected chi connectivity index (χ0v) is 14.5. The molecule has 5 nitrogen and oxygen atoms in total. The summed E-state index contributed by atoms with van der Waals surface area (Å²) in [6.45, 7) is 0.799. The Labute approximate surface area is 148 Å². The molecule has 1 aliphatic rings. The minimum atomic E-state index is 0.103. The third kappa shape index (κ3) is 3.34. The zero-order chi connectivity index (χ0) is 16.4. The van der Waals surface area contributed by atoms with Crippen LogP contribution in [0.4, 0.5) is 0 Å². The molecule has 6 heteroatoms. The van der Waals surface area contributed by atoms with Crippen LogP contribution >= 0.6 is 15.9 Å². The predicted molar refractivity (Wildman–Crippen MR) is 95.7 cm³/mol. The number of nitrogens with zero attached hydrogens (tertiary/aromatic N) is 2. The molecule has 0 bridgehead atoms. The van der Waals surface area contributed by atoms with E-state index in [1.54, 1.807) is 18.6 Å². The van der Waals surface area contributed by atoms with Crippen LogP contribution < -0.4 is 10.1 Å². The molecule has 0 saturated carbocycles.